The average Bonchev–Trinajstić information content (AvgIpc) is 2.85. The van der Waals surface area contributed by atoms with Gasteiger partial charge in [-0.05, 0) is 61.4 Å². The van der Waals surface area contributed by atoms with Gasteiger partial charge in [0.2, 0.25) is 5.95 Å². The van der Waals surface area contributed by atoms with Gasteiger partial charge in [-0.15, -0.1) is 0 Å². The molecule has 8 heteroatoms. The summed E-state index contributed by atoms with van der Waals surface area (Å²) in [6, 6.07) is 15.6. The van der Waals surface area contributed by atoms with Crippen molar-refractivity contribution in [3.05, 3.63) is 64.8 Å². The van der Waals surface area contributed by atoms with Crippen LogP contribution in [-0.4, -0.2) is 49.0 Å². The zero-order valence-corrected chi connectivity index (χ0v) is 19.3. The van der Waals surface area contributed by atoms with Crippen LogP contribution in [-0.2, 0) is 6.42 Å². The van der Waals surface area contributed by atoms with Crippen LogP contribution < -0.4 is 19.9 Å². The summed E-state index contributed by atoms with van der Waals surface area (Å²) in [6.07, 6.45) is 2.15. The van der Waals surface area contributed by atoms with Crippen LogP contribution in [0, 0.1) is 0 Å². The first kappa shape index (κ1) is 21.5. The number of methoxy groups -OCH3 is 1. The molecule has 2 aliphatic rings. The summed E-state index contributed by atoms with van der Waals surface area (Å²) in [5.74, 6) is 2.22. The second-order valence-electron chi connectivity index (χ2n) is 8.27. The van der Waals surface area contributed by atoms with E-state index in [1.165, 1.54) is 5.69 Å². The van der Waals surface area contributed by atoms with Crippen molar-refractivity contribution in [3.63, 3.8) is 0 Å². The van der Waals surface area contributed by atoms with Gasteiger partial charge in [0, 0.05) is 49.0 Å². The van der Waals surface area contributed by atoms with Gasteiger partial charge in [-0.2, -0.15) is 4.98 Å². The lowest BCUT2D eigenvalue weighted by Gasteiger charge is -2.36. The zero-order chi connectivity index (χ0) is 22.8. The molecule has 1 saturated heterocycles. The SMILES string of the molecule is COc1ccc(N2CCN(c3nc4c(c(Nc5ccc(Cl)cc5)n3)C(=O)CCC4)CC2)cc1. The molecule has 1 fully saturated rings. The Bertz CT molecular complexity index is 1140. The molecule has 0 bridgehead atoms. The van der Waals surface area contributed by atoms with Crippen LogP contribution in [0.15, 0.2) is 48.5 Å². The van der Waals surface area contributed by atoms with Crippen LogP contribution in [0.25, 0.3) is 0 Å². The number of Topliss-reactive ketones (excluding diaryl/α,β-unsaturated/α-hetero) is 1. The van der Waals surface area contributed by atoms with Gasteiger partial charge in [-0.1, -0.05) is 11.6 Å². The Balaban J connectivity index is 1.38. The highest BCUT2D eigenvalue weighted by atomic mass is 35.5. The molecule has 0 spiro atoms. The van der Waals surface area contributed by atoms with Crippen molar-refractivity contribution in [1.29, 1.82) is 0 Å². The first-order valence-corrected chi connectivity index (χ1v) is 11.6. The van der Waals surface area contributed by atoms with Gasteiger partial charge in [-0.3, -0.25) is 4.79 Å². The number of nitrogens with one attached hydrogen (secondary N) is 1. The number of hydrogen-bond donors (Lipinski definition) is 1. The molecular weight excluding hydrogens is 438 g/mol. The standard InChI is InChI=1S/C25H26ClN5O2/c1-33-20-11-9-19(10-12-20)30-13-15-31(16-14-30)25-28-21-3-2-4-22(32)23(21)24(29-25)27-18-7-5-17(26)6-8-18/h5-12H,2-4,13-16H2,1H3,(H,27,28,29). The van der Waals surface area contributed by atoms with E-state index in [-0.39, 0.29) is 5.78 Å². The van der Waals surface area contributed by atoms with E-state index in [9.17, 15) is 4.79 Å². The number of aromatic nitrogens is 2. The monoisotopic (exact) mass is 463 g/mol. The molecule has 2 aromatic carbocycles. The summed E-state index contributed by atoms with van der Waals surface area (Å²) in [6.45, 7) is 3.34. The minimum Gasteiger partial charge on any atom is -0.497 e. The van der Waals surface area contributed by atoms with Crippen LogP contribution in [0.4, 0.5) is 23.1 Å². The number of carbonyl (C=O) groups is 1. The highest BCUT2D eigenvalue weighted by Crippen LogP contribution is 2.31. The number of rotatable bonds is 5. The minimum atomic E-state index is 0.101. The van der Waals surface area contributed by atoms with Crippen molar-refractivity contribution in [2.24, 2.45) is 0 Å². The molecule has 5 rings (SSSR count). The van der Waals surface area contributed by atoms with Gasteiger partial charge in [0.05, 0.1) is 18.4 Å². The Kier molecular flexibility index (Phi) is 6.05. The first-order chi connectivity index (χ1) is 16.1. The average molecular weight is 464 g/mol. The van der Waals surface area contributed by atoms with Crippen molar-refractivity contribution in [2.45, 2.75) is 19.3 Å². The molecule has 0 amide bonds. The molecule has 33 heavy (non-hydrogen) atoms. The number of fused-ring (bicyclic) bond motifs is 1. The number of ether oxygens (including phenoxy) is 1. The summed E-state index contributed by atoms with van der Waals surface area (Å²) in [5, 5.41) is 4.00. The van der Waals surface area contributed by atoms with Gasteiger partial charge < -0.3 is 19.9 Å². The van der Waals surface area contributed by atoms with Gasteiger partial charge in [-0.25, -0.2) is 4.98 Å². The molecule has 2 heterocycles. The quantitative estimate of drug-likeness (QED) is 0.586. The second-order valence-corrected chi connectivity index (χ2v) is 8.71. The number of hydrogen-bond acceptors (Lipinski definition) is 7. The summed E-state index contributed by atoms with van der Waals surface area (Å²) >= 11 is 6.03. The minimum absolute atomic E-state index is 0.101. The number of carbonyl (C=O) groups excluding carboxylic acids is 1. The molecular formula is C25H26ClN5O2. The van der Waals surface area contributed by atoms with Gasteiger partial charge in [0.25, 0.3) is 0 Å². The van der Waals surface area contributed by atoms with Gasteiger partial charge in [0.15, 0.2) is 5.78 Å². The van der Waals surface area contributed by atoms with Gasteiger partial charge >= 0.3 is 0 Å². The fourth-order valence-corrected chi connectivity index (χ4v) is 4.49. The van der Waals surface area contributed by atoms with Gasteiger partial charge in [0.1, 0.15) is 11.6 Å². The van der Waals surface area contributed by atoms with Crippen LogP contribution >= 0.6 is 11.6 Å². The Morgan fingerprint density at radius 3 is 2.30 bits per heavy atom. The Labute approximate surface area is 198 Å². The molecule has 1 aromatic heterocycles. The second kappa shape index (κ2) is 9.27. The van der Waals surface area contributed by atoms with E-state index in [2.05, 4.69) is 27.2 Å². The van der Waals surface area contributed by atoms with Crippen molar-refractivity contribution in [3.8, 4) is 5.75 Å². The fourth-order valence-electron chi connectivity index (χ4n) is 4.37. The largest absolute Gasteiger partial charge is 0.497 e. The lowest BCUT2D eigenvalue weighted by atomic mass is 9.95. The number of benzene rings is 2. The number of piperazine rings is 1. The van der Waals surface area contributed by atoms with Crippen molar-refractivity contribution >= 4 is 40.5 Å². The van der Waals surface area contributed by atoms with Crippen molar-refractivity contribution in [1.82, 2.24) is 9.97 Å². The maximum atomic E-state index is 12.7. The molecule has 7 nitrogen and oxygen atoms in total. The maximum absolute atomic E-state index is 12.7. The Hall–Kier alpha value is -3.32. The molecule has 1 aliphatic heterocycles. The number of ketones is 1. The van der Waals surface area contributed by atoms with Crippen LogP contribution in [0.2, 0.25) is 5.02 Å². The summed E-state index contributed by atoms with van der Waals surface area (Å²) in [5.41, 5.74) is 3.48. The first-order valence-electron chi connectivity index (χ1n) is 11.2. The zero-order valence-electron chi connectivity index (χ0n) is 18.6. The third kappa shape index (κ3) is 4.59. The van der Waals surface area contributed by atoms with E-state index < -0.39 is 0 Å². The van der Waals surface area contributed by atoms with Crippen molar-refractivity contribution in [2.75, 3.05) is 48.4 Å². The maximum Gasteiger partial charge on any atom is 0.227 e. The van der Waals surface area contributed by atoms with E-state index in [4.69, 9.17) is 26.3 Å². The highest BCUT2D eigenvalue weighted by molar-refractivity contribution is 6.30. The lowest BCUT2D eigenvalue weighted by Crippen LogP contribution is -2.47. The Morgan fingerprint density at radius 2 is 1.61 bits per heavy atom. The molecule has 1 N–H and O–H groups in total. The third-order valence-electron chi connectivity index (χ3n) is 6.18. The van der Waals surface area contributed by atoms with Crippen LogP contribution in [0.5, 0.6) is 5.75 Å². The summed E-state index contributed by atoms with van der Waals surface area (Å²) < 4.78 is 5.26. The summed E-state index contributed by atoms with van der Waals surface area (Å²) in [4.78, 5) is 26.9. The van der Waals surface area contributed by atoms with E-state index in [0.29, 0.717) is 28.8 Å². The Morgan fingerprint density at radius 1 is 0.909 bits per heavy atom. The molecule has 0 radical (unpaired) electrons. The predicted molar refractivity (Wildman–Crippen MR) is 131 cm³/mol. The number of halogens is 1. The van der Waals surface area contributed by atoms with Crippen LogP contribution in [0.3, 0.4) is 0 Å². The lowest BCUT2D eigenvalue weighted by molar-refractivity contribution is 0.0972. The normalized spacial score (nSPS) is 15.9. The number of anilines is 4. The highest BCUT2D eigenvalue weighted by Gasteiger charge is 2.27. The summed E-state index contributed by atoms with van der Waals surface area (Å²) in [7, 11) is 1.68. The number of nitrogens with zero attached hydrogens (tertiary/aromatic N) is 4. The smallest absolute Gasteiger partial charge is 0.227 e. The molecule has 0 unspecified atom stereocenters. The molecule has 1 aliphatic carbocycles. The van der Waals surface area contributed by atoms with Crippen LogP contribution in [0.1, 0.15) is 28.9 Å². The predicted octanol–water partition coefficient (Wildman–Crippen LogP) is 4.73. The van der Waals surface area contributed by atoms with E-state index in [1.54, 1.807) is 7.11 Å². The fraction of sp³-hybridized carbons (Fsp3) is 0.320. The van der Waals surface area contributed by atoms with E-state index in [0.717, 1.165) is 56.2 Å². The van der Waals surface area contributed by atoms with E-state index in [1.807, 2.05) is 36.4 Å². The molecule has 170 valence electrons. The molecule has 3 aromatic rings. The number of aryl methyl sites for hydroxylation is 1. The molecule has 0 atom stereocenters. The topological polar surface area (TPSA) is 70.6 Å². The van der Waals surface area contributed by atoms with E-state index >= 15 is 0 Å². The third-order valence-corrected chi connectivity index (χ3v) is 6.43. The van der Waals surface area contributed by atoms with Crippen molar-refractivity contribution < 1.29 is 9.53 Å². The molecule has 0 saturated carbocycles.